The van der Waals surface area contributed by atoms with Gasteiger partial charge in [-0.2, -0.15) is 0 Å². The predicted molar refractivity (Wildman–Crippen MR) is 578 cm³/mol. The number of amides is 13. The summed E-state index contributed by atoms with van der Waals surface area (Å²) in [6.07, 6.45) is 17.0. The quantitative estimate of drug-likeness (QED) is 0.111. The van der Waals surface area contributed by atoms with E-state index >= 15 is 0 Å². The molecule has 9 aliphatic heterocycles. The molecule has 9 heterocycles. The van der Waals surface area contributed by atoms with Gasteiger partial charge in [-0.1, -0.05) is 229 Å². The lowest BCUT2D eigenvalue weighted by atomic mass is 9.63. The van der Waals surface area contributed by atoms with Crippen molar-refractivity contribution in [2.75, 3.05) is 58.9 Å². The number of carbonyl (C=O) groups is 13. The summed E-state index contributed by atoms with van der Waals surface area (Å²) in [4.78, 5) is 162. The van der Waals surface area contributed by atoms with Crippen molar-refractivity contribution in [3.8, 4) is 0 Å². The van der Waals surface area contributed by atoms with E-state index in [0.717, 1.165) is 32.7 Å². The third-order valence-corrected chi connectivity index (χ3v) is 39.1. The first-order chi connectivity index (χ1) is 67.7. The Hall–Kier alpha value is -9.23. The molecule has 13 amide bonds. The molecule has 820 valence electrons. The number of hydrogen-bond acceptors (Lipinski definition) is 17. The summed E-state index contributed by atoms with van der Waals surface area (Å²) >= 11 is 0. The zero-order valence-corrected chi connectivity index (χ0v) is 97.4. The van der Waals surface area contributed by atoms with Crippen LogP contribution in [-0.4, -0.2) is 178 Å². The van der Waals surface area contributed by atoms with Gasteiger partial charge in [-0.25, -0.2) is 38.8 Å². The van der Waals surface area contributed by atoms with E-state index in [1.54, 1.807) is 0 Å². The highest BCUT2D eigenvalue weighted by Gasteiger charge is 2.59. The topological polar surface area (TPSA) is 332 Å². The lowest BCUT2D eigenvalue weighted by Crippen LogP contribution is -2.41. The van der Waals surface area contributed by atoms with E-state index in [0.29, 0.717) is 162 Å². The lowest BCUT2D eigenvalue weighted by Gasteiger charge is -2.39. The van der Waals surface area contributed by atoms with Crippen LogP contribution in [-0.2, 0) is 62.1 Å². The first-order valence-corrected chi connectivity index (χ1v) is 55.5. The van der Waals surface area contributed by atoms with Gasteiger partial charge in [0.2, 0.25) is 53.2 Å². The van der Waals surface area contributed by atoms with E-state index in [1.807, 2.05) is 108 Å². The maximum atomic E-state index is 12.8. The average Bonchev–Trinajstić information content (AvgIpc) is 1.57. The van der Waals surface area contributed by atoms with Crippen molar-refractivity contribution < 1.29 is 81.3 Å². The van der Waals surface area contributed by atoms with Gasteiger partial charge in [0.1, 0.15) is 22.4 Å². The predicted octanol–water partition coefficient (Wildman–Crippen LogP) is 21.6. The summed E-state index contributed by atoms with van der Waals surface area (Å²) in [6, 6.07) is 0. The van der Waals surface area contributed by atoms with Crippen LogP contribution in [0.3, 0.4) is 0 Å². The molecule has 5 N–H and O–H groups in total. The van der Waals surface area contributed by atoms with E-state index in [9.17, 15) is 62.3 Å². The number of likely N-dealkylation sites (tertiary alicyclic amines) is 4. The highest BCUT2D eigenvalue weighted by Crippen LogP contribution is 2.54. The van der Waals surface area contributed by atoms with Crippen LogP contribution in [0, 0.1) is 212 Å². The Kier molecular flexibility index (Phi) is 37.5. The fourth-order valence-electron chi connectivity index (χ4n) is 26.6. The Morgan fingerprint density at radius 3 is 0.701 bits per heavy atom. The van der Waals surface area contributed by atoms with Crippen LogP contribution in [0.4, 0.5) is 19.2 Å². The van der Waals surface area contributed by atoms with E-state index < -0.39 is 52.2 Å². The fourth-order valence-corrected chi connectivity index (χ4v) is 26.6. The Balaban J connectivity index is 0.000000170. The largest absolute Gasteiger partial charge is 0.443 e. The van der Waals surface area contributed by atoms with Crippen LogP contribution < -0.4 is 26.6 Å². The molecule has 9 fully saturated rings. The van der Waals surface area contributed by atoms with Gasteiger partial charge in [-0.15, -0.1) is 0 Å². The molecule has 9 saturated heterocycles. The second kappa shape index (κ2) is 46.1. The van der Waals surface area contributed by atoms with E-state index in [1.165, 1.54) is 69.8 Å². The maximum absolute atomic E-state index is 12.8. The fraction of sp³-hybridized carbons (Fsp3) is 0.744. The molecule has 0 radical (unpaired) electrons. The van der Waals surface area contributed by atoms with Gasteiger partial charge in [-0.3, -0.25) is 43.2 Å². The van der Waals surface area contributed by atoms with E-state index in [4.69, 9.17) is 18.9 Å². The summed E-state index contributed by atoms with van der Waals surface area (Å²) in [5.74, 6) is 13.9. The number of nitrogens with zero attached hydrogens (tertiary/aromatic N) is 4. The van der Waals surface area contributed by atoms with Gasteiger partial charge in [0, 0.05) is 58.9 Å². The first kappa shape index (κ1) is 120. The molecule has 0 aromatic carbocycles. The van der Waals surface area contributed by atoms with Crippen LogP contribution >= 0.6 is 0 Å². The first-order valence-electron chi connectivity index (χ1n) is 55.5. The number of rotatable bonds is 0. The molecular weight excluding hydrogens is 1850 g/mol. The van der Waals surface area contributed by atoms with E-state index in [-0.39, 0.29) is 124 Å². The molecule has 36 atom stereocenters. The monoisotopic (exact) mass is 2040 g/mol. The second-order valence-corrected chi connectivity index (χ2v) is 52.5. The molecule has 26 nitrogen and oxygen atoms in total. The minimum Gasteiger partial charge on any atom is -0.443 e. The van der Waals surface area contributed by atoms with Crippen LogP contribution in [0.25, 0.3) is 0 Å². The zero-order valence-electron chi connectivity index (χ0n) is 97.4. The highest BCUT2D eigenvalue weighted by molar-refractivity contribution is 6.00. The van der Waals surface area contributed by atoms with Crippen LogP contribution in [0.15, 0.2) is 105 Å². The van der Waals surface area contributed by atoms with Gasteiger partial charge in [0.25, 0.3) is 0 Å². The third-order valence-electron chi connectivity index (χ3n) is 39.1. The number of ether oxygens (including phenoxy) is 4. The number of fused-ring (bicyclic) bond motifs is 9. The zero-order chi connectivity index (χ0) is 111. The number of hydrogen-bond donors (Lipinski definition) is 5. The molecule has 0 aromatic heterocycles. The molecule has 147 heavy (non-hydrogen) atoms. The van der Waals surface area contributed by atoms with Gasteiger partial charge >= 0.3 is 24.4 Å². The lowest BCUT2D eigenvalue weighted by molar-refractivity contribution is -0.134. The molecule has 26 heteroatoms. The van der Waals surface area contributed by atoms with Gasteiger partial charge in [0.15, 0.2) is 0 Å². The molecule has 0 aromatic rings. The molecule has 18 aliphatic rings. The van der Waals surface area contributed by atoms with Crippen molar-refractivity contribution >= 4 is 77.5 Å². The Morgan fingerprint density at radius 2 is 0.463 bits per heavy atom. The molecule has 0 bridgehead atoms. The van der Waals surface area contributed by atoms with Crippen molar-refractivity contribution in [1.29, 1.82) is 0 Å². The second-order valence-electron chi connectivity index (χ2n) is 52.5. The SMILES string of the molecule is CC1=C[C@@H]2C(=O)N(C(=O)OC(C)(C)C)C[C@H]2[C@@H](C)[C@@H]1C.CC1=C[C@@H]2C(=O)N(C(=O)OC(C)(C)C)C[C@H]2[C@@H](C)[C@@H]1C.CC1=C[C@@H]2C(=O)N(C(=O)OC(C)(C)C)C[C@H]2[C@@H](C)[C@@H]1C.CC1=C[C@@H]2C(=O)NC[C@H]2[C@@H](C)[C@@H]1C.CC1=C[C@@]2(C)C(=O)N(C(=O)OC(C)(C)C)C[C@H]2[C@@H](C)[C@@H]1C.CC1=C[C@@]2(C)C(=O)NC[C@H]2[C@@H](C)[C@@H]1C.CC1=C[C@H]2C(=O)NC[C@H]2[C@@H](C)[C@@H]1C.CC1=C[C@H]2C(=O)NC[C@H]2[C@@H](C)[C@@H]1C.CC1=C[C@H]2C(=O)NC[C@H]2[C@@H](C)[C@H]1C. The van der Waals surface area contributed by atoms with Gasteiger partial charge in [0.05, 0.1) is 52.3 Å². The minimum absolute atomic E-state index is 0.109. The van der Waals surface area contributed by atoms with Crippen molar-refractivity contribution in [3.05, 3.63) is 105 Å². The van der Waals surface area contributed by atoms with Crippen molar-refractivity contribution in [2.24, 2.45) is 212 Å². The van der Waals surface area contributed by atoms with Gasteiger partial charge < -0.3 is 45.5 Å². The summed E-state index contributed by atoms with van der Waals surface area (Å²) in [5.41, 5.74) is 8.75. The van der Waals surface area contributed by atoms with E-state index in [2.05, 4.69) is 257 Å². The van der Waals surface area contributed by atoms with Gasteiger partial charge in [-0.05, 0) is 319 Å². The smallest absolute Gasteiger partial charge is 0.417 e. The average molecular weight is 2040 g/mol. The standard InChI is InChI=1S/C17H27NO3.3C16H25NO3.C12H19NO.4C11H17NO/c1-10-8-17(7)13(12(3)11(10)2)9-18(14(17)19)15(20)21-16(4,5)6;3*1-9-7-12-13(11(3)10(9)2)8-17(14(12)18)15(19)20-16(4,5)6;1-7-5-12(4)10(6-13-11(12)14)9(3)8(7)2;4*1-6-4-9-10(5-12-11(9)13)8(3)7(6)2/h8,11-13H,9H2,1-7H3;3*7,10-13H,8H2,1-6H3;5,8-10H,6H2,1-4H3,(H,13,14);4*4,7-10H,5H2,1-3H3,(H,12,13)/t11-,12+,13+,17-;3*10-,11+,12+,13+;8-,9+,10+,12-;7-,8+,9+,10+;2*7-,8+,9-,10+;7-,8-,9+,10-/m111111110/s1. The Labute approximate surface area is 882 Å². The number of nitrogens with one attached hydrogen (secondary N) is 5. The van der Waals surface area contributed by atoms with Crippen LogP contribution in [0.1, 0.15) is 284 Å². The minimum atomic E-state index is -0.587. The van der Waals surface area contributed by atoms with Crippen LogP contribution in [0.5, 0.6) is 0 Å². The van der Waals surface area contributed by atoms with Crippen molar-refractivity contribution in [3.63, 3.8) is 0 Å². The highest BCUT2D eigenvalue weighted by atomic mass is 16.6. The maximum Gasteiger partial charge on any atom is 0.417 e. The van der Waals surface area contributed by atoms with Crippen molar-refractivity contribution in [1.82, 2.24) is 46.2 Å². The van der Waals surface area contributed by atoms with Crippen LogP contribution in [0.2, 0.25) is 0 Å². The third kappa shape index (κ3) is 25.9. The number of imide groups is 4. The molecule has 0 spiro atoms. The molecular formula is C121H189N9O17. The molecule has 0 unspecified atom stereocenters. The normalized spacial score (nSPS) is 39.0. The summed E-state index contributed by atoms with van der Waals surface area (Å²) in [6.45, 7) is 91.1. The molecule has 9 aliphatic carbocycles. The Morgan fingerprint density at radius 1 is 0.259 bits per heavy atom. The van der Waals surface area contributed by atoms with Crippen molar-refractivity contribution in [2.45, 2.75) is 306 Å². The molecule has 0 saturated carbocycles. The molecule has 18 rings (SSSR count). The Bertz CT molecular complexity index is 4840. The number of carbonyl (C=O) groups excluding carboxylic acids is 13. The summed E-state index contributed by atoms with van der Waals surface area (Å²) in [5, 5.41) is 14.8. The summed E-state index contributed by atoms with van der Waals surface area (Å²) < 4.78 is 21.4. The number of allylic oxidation sites excluding steroid dienone is 9. The summed E-state index contributed by atoms with van der Waals surface area (Å²) in [7, 11) is 0.